The molecule has 24 heavy (non-hydrogen) atoms. The van der Waals surface area contributed by atoms with Gasteiger partial charge in [-0.3, -0.25) is 19.2 Å². The molecule has 0 unspecified atom stereocenters. The molecule has 1 amide bonds. The zero-order valence-corrected chi connectivity index (χ0v) is 14.3. The van der Waals surface area contributed by atoms with Crippen molar-refractivity contribution in [3.63, 3.8) is 0 Å². The summed E-state index contributed by atoms with van der Waals surface area (Å²) in [5.74, 6) is -0.0543. The third-order valence-electron chi connectivity index (χ3n) is 4.44. The van der Waals surface area contributed by atoms with Gasteiger partial charge in [0.2, 0.25) is 5.91 Å². The van der Waals surface area contributed by atoms with Crippen LogP contribution in [0.5, 0.6) is 0 Å². The molecule has 0 saturated carbocycles. The third-order valence-corrected chi connectivity index (χ3v) is 4.44. The molecule has 0 atom stereocenters. The normalized spacial score (nSPS) is 14.5. The lowest BCUT2D eigenvalue weighted by molar-refractivity contribution is -0.119. The fourth-order valence-corrected chi connectivity index (χ4v) is 3.01. The van der Waals surface area contributed by atoms with Gasteiger partial charge in [0.05, 0.1) is 24.5 Å². The molecular formula is C17H23N5O2. The number of fused-ring (bicyclic) bond motifs is 1. The minimum atomic E-state index is -0.0543. The first-order valence-corrected chi connectivity index (χ1v) is 8.14. The first-order valence-electron chi connectivity index (χ1n) is 8.14. The van der Waals surface area contributed by atoms with Gasteiger partial charge in [-0.15, -0.1) is 0 Å². The lowest BCUT2D eigenvalue weighted by Gasteiger charge is -2.27. The Morgan fingerprint density at radius 2 is 2.17 bits per heavy atom. The van der Waals surface area contributed by atoms with Gasteiger partial charge in [-0.25, -0.2) is 0 Å². The maximum Gasteiger partial charge on any atom is 0.217 e. The van der Waals surface area contributed by atoms with Gasteiger partial charge in [-0.05, 0) is 19.9 Å². The second-order valence-corrected chi connectivity index (χ2v) is 6.37. The second kappa shape index (κ2) is 6.60. The molecule has 0 radical (unpaired) electrons. The summed E-state index contributed by atoms with van der Waals surface area (Å²) in [5.41, 5.74) is 4.63. The van der Waals surface area contributed by atoms with Crippen LogP contribution in [0.4, 0.5) is 0 Å². The number of rotatable bonds is 4. The molecular weight excluding hydrogens is 306 g/mol. The molecule has 1 aliphatic heterocycles. The second-order valence-electron chi connectivity index (χ2n) is 6.37. The van der Waals surface area contributed by atoms with Crippen molar-refractivity contribution in [1.82, 2.24) is 25.0 Å². The van der Waals surface area contributed by atoms with Crippen LogP contribution >= 0.6 is 0 Å². The van der Waals surface area contributed by atoms with Gasteiger partial charge in [0, 0.05) is 49.6 Å². The number of nitrogens with one attached hydrogen (secondary N) is 2. The molecule has 7 heteroatoms. The van der Waals surface area contributed by atoms with Crippen molar-refractivity contribution in [2.24, 2.45) is 0 Å². The predicted molar refractivity (Wildman–Crippen MR) is 90.4 cm³/mol. The van der Waals surface area contributed by atoms with Crippen molar-refractivity contribution in [3.8, 4) is 0 Å². The Morgan fingerprint density at radius 1 is 1.38 bits per heavy atom. The zero-order chi connectivity index (χ0) is 17.3. The summed E-state index contributed by atoms with van der Waals surface area (Å²) in [5, 5.41) is 7.30. The largest absolute Gasteiger partial charge is 0.363 e. The summed E-state index contributed by atoms with van der Waals surface area (Å²) in [6, 6.07) is 2.03. The van der Waals surface area contributed by atoms with E-state index in [9.17, 15) is 9.59 Å². The Kier molecular flexibility index (Phi) is 4.53. The molecule has 128 valence electrons. The predicted octanol–water partition coefficient (Wildman–Crippen LogP) is 0.840. The van der Waals surface area contributed by atoms with Crippen molar-refractivity contribution in [1.29, 1.82) is 0 Å². The SMILES string of the molecule is CC(=O)NCc1cc2n(n1)CCN(Cc1[nH]cc(C)c(=O)c1C)C2. The van der Waals surface area contributed by atoms with Crippen LogP contribution in [-0.4, -0.2) is 32.1 Å². The number of H-pyrrole nitrogens is 1. The summed E-state index contributed by atoms with van der Waals surface area (Å²) >= 11 is 0. The average Bonchev–Trinajstić information content (AvgIpc) is 2.96. The highest BCUT2D eigenvalue weighted by molar-refractivity contribution is 5.72. The Hall–Kier alpha value is -2.41. The number of aryl methyl sites for hydroxylation is 1. The van der Waals surface area contributed by atoms with Crippen LogP contribution in [0.2, 0.25) is 0 Å². The molecule has 2 N–H and O–H groups in total. The Morgan fingerprint density at radius 3 is 2.92 bits per heavy atom. The summed E-state index contributed by atoms with van der Waals surface area (Å²) in [7, 11) is 0. The van der Waals surface area contributed by atoms with E-state index in [0.717, 1.165) is 47.8 Å². The number of amides is 1. The summed E-state index contributed by atoms with van der Waals surface area (Å²) in [6.45, 7) is 8.85. The van der Waals surface area contributed by atoms with Gasteiger partial charge in [0.15, 0.2) is 5.43 Å². The molecule has 0 fully saturated rings. The number of aromatic nitrogens is 3. The lowest BCUT2D eigenvalue weighted by atomic mass is 10.1. The minimum Gasteiger partial charge on any atom is -0.363 e. The zero-order valence-electron chi connectivity index (χ0n) is 14.3. The minimum absolute atomic E-state index is 0.0543. The van der Waals surface area contributed by atoms with Gasteiger partial charge in [-0.1, -0.05) is 0 Å². The molecule has 0 aromatic carbocycles. The molecule has 3 heterocycles. The van der Waals surface area contributed by atoms with Crippen LogP contribution in [-0.2, 0) is 31.0 Å². The van der Waals surface area contributed by atoms with Gasteiger partial charge in [-0.2, -0.15) is 5.10 Å². The average molecular weight is 329 g/mol. The summed E-state index contributed by atoms with van der Waals surface area (Å²) in [6.07, 6.45) is 1.78. The van der Waals surface area contributed by atoms with Crippen LogP contribution < -0.4 is 10.7 Å². The van der Waals surface area contributed by atoms with E-state index in [-0.39, 0.29) is 11.3 Å². The van der Waals surface area contributed by atoms with E-state index in [1.807, 2.05) is 24.6 Å². The third kappa shape index (κ3) is 3.41. The lowest BCUT2D eigenvalue weighted by Crippen LogP contribution is -2.34. The van der Waals surface area contributed by atoms with E-state index >= 15 is 0 Å². The Bertz CT molecular complexity index is 821. The van der Waals surface area contributed by atoms with Crippen LogP contribution in [0, 0.1) is 13.8 Å². The van der Waals surface area contributed by atoms with E-state index in [1.165, 1.54) is 6.92 Å². The maximum absolute atomic E-state index is 12.1. The topological polar surface area (TPSA) is 83.0 Å². The van der Waals surface area contributed by atoms with Crippen molar-refractivity contribution in [2.45, 2.75) is 47.0 Å². The van der Waals surface area contributed by atoms with Crippen molar-refractivity contribution in [3.05, 3.63) is 50.7 Å². The molecule has 7 nitrogen and oxygen atoms in total. The van der Waals surface area contributed by atoms with Crippen molar-refractivity contribution < 1.29 is 4.79 Å². The standard InChI is InChI=1S/C17H23N5O2/c1-11-7-19-16(12(2)17(11)24)10-21-4-5-22-15(9-21)6-14(20-22)8-18-13(3)23/h6-7H,4-5,8-10H2,1-3H3,(H,18,23)(H,19,24). The van der Waals surface area contributed by atoms with E-state index in [0.29, 0.717) is 13.1 Å². The van der Waals surface area contributed by atoms with E-state index in [1.54, 1.807) is 6.20 Å². The molecule has 2 aromatic rings. The number of pyridine rings is 1. The smallest absolute Gasteiger partial charge is 0.217 e. The first-order chi connectivity index (χ1) is 11.4. The maximum atomic E-state index is 12.1. The monoisotopic (exact) mass is 329 g/mol. The van der Waals surface area contributed by atoms with E-state index in [2.05, 4.69) is 20.3 Å². The Balaban J connectivity index is 1.70. The highest BCUT2D eigenvalue weighted by atomic mass is 16.1. The number of carbonyl (C=O) groups excluding carboxylic acids is 1. The molecule has 0 bridgehead atoms. The number of nitrogens with zero attached hydrogens (tertiary/aromatic N) is 3. The first kappa shape index (κ1) is 16.4. The molecule has 0 spiro atoms. The van der Waals surface area contributed by atoms with Gasteiger partial charge < -0.3 is 10.3 Å². The van der Waals surface area contributed by atoms with Gasteiger partial charge in [0.25, 0.3) is 0 Å². The highest BCUT2D eigenvalue weighted by Gasteiger charge is 2.19. The number of hydrogen-bond donors (Lipinski definition) is 2. The quantitative estimate of drug-likeness (QED) is 0.871. The van der Waals surface area contributed by atoms with Crippen molar-refractivity contribution in [2.75, 3.05) is 6.54 Å². The molecule has 2 aromatic heterocycles. The number of hydrogen-bond acceptors (Lipinski definition) is 4. The molecule has 0 aliphatic carbocycles. The van der Waals surface area contributed by atoms with Crippen LogP contribution in [0.25, 0.3) is 0 Å². The number of carbonyl (C=O) groups is 1. The van der Waals surface area contributed by atoms with E-state index < -0.39 is 0 Å². The Labute approximate surface area is 140 Å². The summed E-state index contributed by atoms with van der Waals surface area (Å²) < 4.78 is 2.00. The number of aromatic amines is 1. The van der Waals surface area contributed by atoms with Gasteiger partial charge >= 0.3 is 0 Å². The molecule has 3 rings (SSSR count). The molecule has 1 aliphatic rings. The van der Waals surface area contributed by atoms with Crippen LogP contribution in [0.1, 0.15) is 35.1 Å². The fraction of sp³-hybridized carbons (Fsp3) is 0.471. The van der Waals surface area contributed by atoms with E-state index in [4.69, 9.17) is 0 Å². The highest BCUT2D eigenvalue weighted by Crippen LogP contribution is 2.16. The van der Waals surface area contributed by atoms with Crippen molar-refractivity contribution >= 4 is 5.91 Å². The van der Waals surface area contributed by atoms with Crippen LogP contribution in [0.3, 0.4) is 0 Å². The van der Waals surface area contributed by atoms with Crippen LogP contribution in [0.15, 0.2) is 17.1 Å². The van der Waals surface area contributed by atoms with Gasteiger partial charge in [0.1, 0.15) is 0 Å². The summed E-state index contributed by atoms with van der Waals surface area (Å²) in [4.78, 5) is 28.6. The molecule has 0 saturated heterocycles. The fourth-order valence-electron chi connectivity index (χ4n) is 3.01.